The van der Waals surface area contributed by atoms with Gasteiger partial charge < -0.3 is 14.6 Å². The molecule has 1 N–H and O–H groups in total. The zero-order valence-electron chi connectivity index (χ0n) is 10.4. The third kappa shape index (κ3) is 5.67. The molecule has 0 bridgehead atoms. The van der Waals surface area contributed by atoms with Gasteiger partial charge in [0.25, 0.3) is 0 Å². The smallest absolute Gasteiger partial charge is 0.128 e. The molecule has 0 heterocycles. The van der Waals surface area contributed by atoms with Crippen LogP contribution >= 0.6 is 0 Å². The lowest BCUT2D eigenvalue weighted by Crippen LogP contribution is -2.00. The molecular formula is C14H17FO3. The largest absolute Gasteiger partial charge is 0.493 e. The van der Waals surface area contributed by atoms with Crippen molar-refractivity contribution in [3.05, 3.63) is 29.6 Å². The third-order valence-corrected chi connectivity index (χ3v) is 2.19. The summed E-state index contributed by atoms with van der Waals surface area (Å²) in [7, 11) is 1.65. The van der Waals surface area contributed by atoms with Crippen LogP contribution in [0.4, 0.5) is 4.39 Å². The summed E-state index contributed by atoms with van der Waals surface area (Å²) in [4.78, 5) is 0. The summed E-state index contributed by atoms with van der Waals surface area (Å²) < 4.78 is 23.6. The van der Waals surface area contributed by atoms with Crippen molar-refractivity contribution >= 4 is 0 Å². The molecule has 1 rings (SSSR count). The first kappa shape index (κ1) is 14.5. The number of aliphatic hydroxyl groups excluding tert-OH is 1. The molecule has 0 aliphatic rings. The van der Waals surface area contributed by atoms with Crippen LogP contribution in [0.25, 0.3) is 0 Å². The van der Waals surface area contributed by atoms with Gasteiger partial charge in [-0.15, -0.1) is 0 Å². The second-order valence-electron chi connectivity index (χ2n) is 3.68. The van der Waals surface area contributed by atoms with Gasteiger partial charge in [-0.1, -0.05) is 11.8 Å². The van der Waals surface area contributed by atoms with Gasteiger partial charge in [-0.25, -0.2) is 4.39 Å². The Bertz CT molecular complexity index is 421. The molecule has 0 aliphatic carbocycles. The molecule has 0 saturated heterocycles. The van der Waals surface area contributed by atoms with Crippen molar-refractivity contribution < 1.29 is 19.0 Å². The van der Waals surface area contributed by atoms with Crippen LogP contribution in [0, 0.1) is 17.7 Å². The molecule has 1 aromatic carbocycles. The Kier molecular flexibility index (Phi) is 6.85. The highest BCUT2D eigenvalue weighted by Gasteiger charge is 2.00. The molecule has 0 aromatic heterocycles. The monoisotopic (exact) mass is 252 g/mol. The Balaban J connectivity index is 2.52. The van der Waals surface area contributed by atoms with Gasteiger partial charge in [-0.3, -0.25) is 0 Å². The number of aliphatic hydroxyl groups is 1. The fourth-order valence-electron chi connectivity index (χ4n) is 1.40. The zero-order chi connectivity index (χ0) is 13.2. The second kappa shape index (κ2) is 8.51. The van der Waals surface area contributed by atoms with Crippen LogP contribution in [0.1, 0.15) is 18.4 Å². The van der Waals surface area contributed by atoms with Gasteiger partial charge in [0.05, 0.1) is 6.61 Å². The molecule has 0 atom stereocenters. The number of benzene rings is 1. The van der Waals surface area contributed by atoms with Crippen LogP contribution in [-0.4, -0.2) is 32.0 Å². The van der Waals surface area contributed by atoms with Crippen molar-refractivity contribution in [3.63, 3.8) is 0 Å². The van der Waals surface area contributed by atoms with Crippen LogP contribution in [0.2, 0.25) is 0 Å². The molecule has 0 spiro atoms. The van der Waals surface area contributed by atoms with Gasteiger partial charge in [-0.2, -0.15) is 0 Å². The Labute approximate surface area is 107 Å². The van der Waals surface area contributed by atoms with Gasteiger partial charge in [0, 0.05) is 25.3 Å². The highest BCUT2D eigenvalue weighted by molar-refractivity contribution is 5.40. The minimum Gasteiger partial charge on any atom is -0.493 e. The highest BCUT2D eigenvalue weighted by atomic mass is 19.1. The fraction of sp³-hybridized carbons (Fsp3) is 0.429. The predicted octanol–water partition coefficient (Wildman–Crippen LogP) is 1.97. The van der Waals surface area contributed by atoms with Crippen LogP contribution in [0.15, 0.2) is 18.2 Å². The van der Waals surface area contributed by atoms with Gasteiger partial charge in [0.2, 0.25) is 0 Å². The van der Waals surface area contributed by atoms with Crippen molar-refractivity contribution in [3.8, 4) is 17.6 Å². The average molecular weight is 252 g/mol. The molecule has 18 heavy (non-hydrogen) atoms. The van der Waals surface area contributed by atoms with Crippen LogP contribution in [0.5, 0.6) is 5.75 Å². The molecular weight excluding hydrogens is 235 g/mol. The quantitative estimate of drug-likeness (QED) is 0.621. The van der Waals surface area contributed by atoms with Gasteiger partial charge >= 0.3 is 0 Å². The lowest BCUT2D eigenvalue weighted by atomic mass is 10.2. The van der Waals surface area contributed by atoms with E-state index in [0.717, 1.165) is 12.8 Å². The molecule has 4 heteroatoms. The van der Waals surface area contributed by atoms with E-state index in [1.807, 2.05) is 0 Å². The van der Waals surface area contributed by atoms with Gasteiger partial charge in [0.15, 0.2) is 0 Å². The first-order chi connectivity index (χ1) is 8.76. The summed E-state index contributed by atoms with van der Waals surface area (Å²) in [6, 6.07) is 4.28. The number of methoxy groups -OCH3 is 1. The molecule has 0 aliphatic heterocycles. The maximum Gasteiger partial charge on any atom is 0.128 e. The Morgan fingerprint density at radius 1 is 1.22 bits per heavy atom. The first-order valence-electron chi connectivity index (χ1n) is 5.78. The topological polar surface area (TPSA) is 38.7 Å². The molecule has 0 amide bonds. The van der Waals surface area contributed by atoms with Gasteiger partial charge in [-0.05, 0) is 25.0 Å². The van der Waals surface area contributed by atoms with E-state index in [-0.39, 0.29) is 6.61 Å². The SMILES string of the molecule is COCCCCOc1cc(F)cc(C#CCO)c1. The molecule has 0 fully saturated rings. The number of unbranched alkanes of at least 4 members (excludes halogenated alkanes) is 1. The molecule has 3 nitrogen and oxygen atoms in total. The first-order valence-corrected chi connectivity index (χ1v) is 5.78. The summed E-state index contributed by atoms with van der Waals surface area (Å²) in [6.45, 7) is 0.961. The van der Waals surface area contributed by atoms with Crippen molar-refractivity contribution in [2.24, 2.45) is 0 Å². The summed E-state index contributed by atoms with van der Waals surface area (Å²) >= 11 is 0. The summed E-state index contributed by atoms with van der Waals surface area (Å²) in [5.41, 5.74) is 0.496. The average Bonchev–Trinajstić information content (AvgIpc) is 2.35. The standard InChI is InChI=1S/C14H17FO3/c1-17-7-2-3-8-18-14-10-12(5-4-6-16)9-13(15)11-14/h9-11,16H,2-3,6-8H2,1H3. The van der Waals surface area contributed by atoms with Crippen molar-refractivity contribution in [2.75, 3.05) is 26.9 Å². The Hall–Kier alpha value is -1.57. The molecule has 98 valence electrons. The lowest BCUT2D eigenvalue weighted by Gasteiger charge is -2.06. The van der Waals surface area contributed by atoms with Crippen molar-refractivity contribution in [1.82, 2.24) is 0 Å². The Morgan fingerprint density at radius 2 is 2.00 bits per heavy atom. The van der Waals surface area contributed by atoms with Crippen LogP contribution in [0.3, 0.4) is 0 Å². The molecule has 0 saturated carbocycles. The number of ether oxygens (including phenoxy) is 2. The summed E-state index contributed by atoms with van der Waals surface area (Å²) in [5, 5.41) is 8.58. The number of halogens is 1. The normalized spacial score (nSPS) is 9.72. The summed E-state index contributed by atoms with van der Waals surface area (Å²) in [5.74, 6) is 5.17. The van der Waals surface area contributed by atoms with Crippen LogP contribution in [-0.2, 0) is 4.74 Å². The minimum absolute atomic E-state index is 0.246. The predicted molar refractivity (Wildman–Crippen MR) is 67.0 cm³/mol. The minimum atomic E-state index is -0.397. The fourth-order valence-corrected chi connectivity index (χ4v) is 1.40. The van der Waals surface area contributed by atoms with Crippen molar-refractivity contribution in [2.45, 2.75) is 12.8 Å². The van der Waals surface area contributed by atoms with E-state index in [1.54, 1.807) is 13.2 Å². The van der Waals surface area contributed by atoms with Crippen LogP contribution < -0.4 is 4.74 Å². The van der Waals surface area contributed by atoms with E-state index in [9.17, 15) is 4.39 Å². The van der Waals surface area contributed by atoms with E-state index >= 15 is 0 Å². The highest BCUT2D eigenvalue weighted by Crippen LogP contribution is 2.16. The Morgan fingerprint density at radius 3 is 2.72 bits per heavy atom. The number of hydrogen-bond acceptors (Lipinski definition) is 3. The number of hydrogen-bond donors (Lipinski definition) is 1. The third-order valence-electron chi connectivity index (χ3n) is 2.19. The van der Waals surface area contributed by atoms with E-state index in [4.69, 9.17) is 14.6 Å². The van der Waals surface area contributed by atoms with Gasteiger partial charge in [0.1, 0.15) is 18.2 Å². The second-order valence-corrected chi connectivity index (χ2v) is 3.68. The lowest BCUT2D eigenvalue weighted by molar-refractivity contribution is 0.184. The summed E-state index contributed by atoms with van der Waals surface area (Å²) in [6.07, 6.45) is 1.75. The van der Waals surface area contributed by atoms with E-state index < -0.39 is 5.82 Å². The maximum atomic E-state index is 13.3. The maximum absolute atomic E-state index is 13.3. The van der Waals surface area contributed by atoms with E-state index in [2.05, 4.69) is 11.8 Å². The number of rotatable bonds is 6. The molecule has 1 aromatic rings. The van der Waals surface area contributed by atoms with E-state index in [1.165, 1.54) is 12.1 Å². The molecule has 0 unspecified atom stereocenters. The molecule has 0 radical (unpaired) electrons. The van der Waals surface area contributed by atoms with Crippen molar-refractivity contribution in [1.29, 1.82) is 0 Å². The zero-order valence-corrected chi connectivity index (χ0v) is 10.4. The van der Waals surface area contributed by atoms with E-state index in [0.29, 0.717) is 24.5 Å².